The fourth-order valence-electron chi connectivity index (χ4n) is 1.79. The summed E-state index contributed by atoms with van der Waals surface area (Å²) in [5.74, 6) is 0.102. The molecular weight excluding hydrogens is 176 g/mol. The van der Waals surface area contributed by atoms with Gasteiger partial charge in [0.15, 0.2) is 0 Å². The van der Waals surface area contributed by atoms with Crippen molar-refractivity contribution >= 4 is 5.91 Å². The molecule has 1 fully saturated rings. The third-order valence-electron chi connectivity index (χ3n) is 2.80. The largest absolute Gasteiger partial charge is 0.337 e. The number of rotatable bonds is 5. The zero-order valence-corrected chi connectivity index (χ0v) is 8.96. The van der Waals surface area contributed by atoms with E-state index in [1.165, 1.54) is 0 Å². The number of nitrogens with zero attached hydrogens (tertiary/aromatic N) is 1. The molecule has 0 aromatic heterocycles. The molecule has 1 saturated carbocycles. The van der Waals surface area contributed by atoms with Gasteiger partial charge in [-0.15, -0.1) is 6.58 Å². The van der Waals surface area contributed by atoms with Crippen LogP contribution in [0.2, 0.25) is 0 Å². The van der Waals surface area contributed by atoms with Gasteiger partial charge in [-0.2, -0.15) is 0 Å². The number of hydrogen-bond acceptors (Lipinski definition) is 2. The zero-order valence-electron chi connectivity index (χ0n) is 8.96. The highest BCUT2D eigenvalue weighted by Crippen LogP contribution is 2.30. The molecule has 0 radical (unpaired) electrons. The minimum absolute atomic E-state index is 0.102. The van der Waals surface area contributed by atoms with Gasteiger partial charge in [-0.3, -0.25) is 4.79 Å². The van der Waals surface area contributed by atoms with E-state index in [9.17, 15) is 4.79 Å². The third kappa shape index (κ3) is 2.15. The van der Waals surface area contributed by atoms with Crippen LogP contribution in [-0.2, 0) is 4.79 Å². The smallest absolute Gasteiger partial charge is 0.242 e. The van der Waals surface area contributed by atoms with Gasteiger partial charge in [-0.05, 0) is 25.7 Å². The maximum Gasteiger partial charge on any atom is 0.242 e. The Balaban J connectivity index is 2.57. The summed E-state index contributed by atoms with van der Waals surface area (Å²) in [6.45, 7) is 7.12. The standard InChI is InChI=1S/C11H20N2O/c1-3-8-13(9-4-2)10(14)11(12)6-5-7-11/h3H,1,4-9,12H2,2H3. The van der Waals surface area contributed by atoms with Crippen molar-refractivity contribution in [3.8, 4) is 0 Å². The summed E-state index contributed by atoms with van der Waals surface area (Å²) < 4.78 is 0. The van der Waals surface area contributed by atoms with Crippen molar-refractivity contribution in [2.75, 3.05) is 13.1 Å². The second-order valence-corrected chi connectivity index (χ2v) is 4.05. The second-order valence-electron chi connectivity index (χ2n) is 4.05. The average Bonchev–Trinajstić information content (AvgIpc) is 2.13. The van der Waals surface area contributed by atoms with Crippen LogP contribution in [0.1, 0.15) is 32.6 Å². The maximum atomic E-state index is 12.0. The van der Waals surface area contributed by atoms with Crippen molar-refractivity contribution in [1.82, 2.24) is 4.90 Å². The van der Waals surface area contributed by atoms with Crippen molar-refractivity contribution in [3.63, 3.8) is 0 Å². The fraction of sp³-hybridized carbons (Fsp3) is 0.727. The van der Waals surface area contributed by atoms with Gasteiger partial charge in [0.05, 0.1) is 5.54 Å². The van der Waals surface area contributed by atoms with E-state index in [0.29, 0.717) is 6.54 Å². The number of carbonyl (C=O) groups is 1. The normalized spacial score (nSPS) is 18.4. The Kier molecular flexibility index (Phi) is 3.69. The van der Waals surface area contributed by atoms with E-state index >= 15 is 0 Å². The number of carbonyl (C=O) groups excluding carboxylic acids is 1. The first kappa shape index (κ1) is 11.2. The summed E-state index contributed by atoms with van der Waals surface area (Å²) in [7, 11) is 0. The molecule has 0 bridgehead atoms. The molecule has 0 heterocycles. The van der Waals surface area contributed by atoms with Crippen LogP contribution in [0.15, 0.2) is 12.7 Å². The maximum absolute atomic E-state index is 12.0. The van der Waals surface area contributed by atoms with Crippen molar-refractivity contribution in [1.29, 1.82) is 0 Å². The summed E-state index contributed by atoms with van der Waals surface area (Å²) in [4.78, 5) is 13.8. The molecule has 2 N–H and O–H groups in total. The molecule has 0 unspecified atom stereocenters. The van der Waals surface area contributed by atoms with E-state index in [2.05, 4.69) is 13.5 Å². The number of amides is 1. The Morgan fingerprint density at radius 1 is 1.64 bits per heavy atom. The van der Waals surface area contributed by atoms with Gasteiger partial charge >= 0.3 is 0 Å². The second kappa shape index (κ2) is 4.60. The Hall–Kier alpha value is -0.830. The molecular formula is C11H20N2O. The van der Waals surface area contributed by atoms with Gasteiger partial charge in [0.25, 0.3) is 0 Å². The zero-order chi connectivity index (χ0) is 10.6. The lowest BCUT2D eigenvalue weighted by Gasteiger charge is -2.40. The lowest BCUT2D eigenvalue weighted by atomic mass is 9.76. The highest BCUT2D eigenvalue weighted by molar-refractivity contribution is 5.87. The fourth-order valence-corrected chi connectivity index (χ4v) is 1.79. The molecule has 1 amide bonds. The third-order valence-corrected chi connectivity index (χ3v) is 2.80. The van der Waals surface area contributed by atoms with Crippen LogP contribution in [0.25, 0.3) is 0 Å². The molecule has 3 heteroatoms. The molecule has 1 rings (SSSR count). The first-order valence-corrected chi connectivity index (χ1v) is 5.33. The minimum atomic E-state index is -0.557. The van der Waals surface area contributed by atoms with Crippen molar-refractivity contribution in [2.24, 2.45) is 5.73 Å². The molecule has 3 nitrogen and oxygen atoms in total. The monoisotopic (exact) mass is 196 g/mol. The van der Waals surface area contributed by atoms with Gasteiger partial charge < -0.3 is 10.6 Å². The topological polar surface area (TPSA) is 46.3 Å². The first-order chi connectivity index (χ1) is 6.64. The molecule has 0 aromatic carbocycles. The van der Waals surface area contributed by atoms with E-state index in [1.54, 1.807) is 6.08 Å². The number of hydrogen-bond donors (Lipinski definition) is 1. The van der Waals surface area contributed by atoms with Crippen molar-refractivity contribution < 1.29 is 4.79 Å². The Morgan fingerprint density at radius 2 is 2.29 bits per heavy atom. The molecule has 1 aliphatic carbocycles. The van der Waals surface area contributed by atoms with E-state index in [0.717, 1.165) is 32.2 Å². The summed E-state index contributed by atoms with van der Waals surface area (Å²) in [6, 6.07) is 0. The van der Waals surface area contributed by atoms with Crippen LogP contribution in [0, 0.1) is 0 Å². The van der Waals surface area contributed by atoms with Crippen molar-refractivity contribution in [2.45, 2.75) is 38.1 Å². The lowest BCUT2D eigenvalue weighted by Crippen LogP contribution is -2.59. The molecule has 0 saturated heterocycles. The SMILES string of the molecule is C=CCN(CCC)C(=O)C1(N)CCC1. The minimum Gasteiger partial charge on any atom is -0.337 e. The van der Waals surface area contributed by atoms with Crippen molar-refractivity contribution in [3.05, 3.63) is 12.7 Å². The summed E-state index contributed by atoms with van der Waals surface area (Å²) >= 11 is 0. The van der Waals surface area contributed by atoms with E-state index in [4.69, 9.17) is 5.73 Å². The van der Waals surface area contributed by atoms with Gasteiger partial charge in [0, 0.05) is 13.1 Å². The van der Waals surface area contributed by atoms with Crippen LogP contribution in [0.5, 0.6) is 0 Å². The molecule has 80 valence electrons. The summed E-state index contributed by atoms with van der Waals surface area (Å²) in [6.07, 6.45) is 5.48. The molecule has 14 heavy (non-hydrogen) atoms. The van der Waals surface area contributed by atoms with Crippen LogP contribution in [-0.4, -0.2) is 29.4 Å². The Labute approximate surface area is 86.0 Å². The Morgan fingerprint density at radius 3 is 2.64 bits per heavy atom. The molecule has 0 aliphatic heterocycles. The highest BCUT2D eigenvalue weighted by atomic mass is 16.2. The predicted molar refractivity (Wildman–Crippen MR) is 57.8 cm³/mol. The van der Waals surface area contributed by atoms with Gasteiger partial charge in [0.1, 0.15) is 0 Å². The van der Waals surface area contributed by atoms with Crippen LogP contribution < -0.4 is 5.73 Å². The lowest BCUT2D eigenvalue weighted by molar-refractivity contribution is -0.139. The summed E-state index contributed by atoms with van der Waals surface area (Å²) in [5.41, 5.74) is 5.42. The molecule has 0 aromatic rings. The van der Waals surface area contributed by atoms with Gasteiger partial charge in [0.2, 0.25) is 5.91 Å². The summed E-state index contributed by atoms with van der Waals surface area (Å²) in [5, 5.41) is 0. The van der Waals surface area contributed by atoms with Crippen LogP contribution >= 0.6 is 0 Å². The van der Waals surface area contributed by atoms with Crippen LogP contribution in [0.3, 0.4) is 0 Å². The van der Waals surface area contributed by atoms with E-state index < -0.39 is 5.54 Å². The quantitative estimate of drug-likeness (QED) is 0.673. The average molecular weight is 196 g/mol. The first-order valence-electron chi connectivity index (χ1n) is 5.33. The molecule has 0 spiro atoms. The Bertz CT molecular complexity index is 221. The molecule has 0 atom stereocenters. The van der Waals surface area contributed by atoms with E-state index in [1.807, 2.05) is 4.90 Å². The van der Waals surface area contributed by atoms with Gasteiger partial charge in [-0.1, -0.05) is 13.0 Å². The molecule has 1 aliphatic rings. The number of nitrogens with two attached hydrogens (primary N) is 1. The highest BCUT2D eigenvalue weighted by Gasteiger charge is 2.42. The van der Waals surface area contributed by atoms with Gasteiger partial charge in [-0.25, -0.2) is 0 Å². The van der Waals surface area contributed by atoms with E-state index in [-0.39, 0.29) is 5.91 Å². The van der Waals surface area contributed by atoms with Crippen LogP contribution in [0.4, 0.5) is 0 Å². The predicted octanol–water partition coefficient (Wildman–Crippen LogP) is 1.29.